The first-order valence-electron chi connectivity index (χ1n) is 7.26. The SMILES string of the molecule is CC(C)N1CCOC(CSc2nc3ccc(N)cc3o2)C1. The van der Waals surface area contributed by atoms with Crippen molar-refractivity contribution in [3.8, 4) is 0 Å². The van der Waals surface area contributed by atoms with Crippen molar-refractivity contribution in [1.82, 2.24) is 9.88 Å². The van der Waals surface area contributed by atoms with E-state index in [1.165, 1.54) is 0 Å². The number of nitrogen functional groups attached to an aromatic ring is 1. The molecule has 1 saturated heterocycles. The molecule has 2 heterocycles. The summed E-state index contributed by atoms with van der Waals surface area (Å²) in [4.78, 5) is 6.91. The molecule has 2 N–H and O–H groups in total. The molecule has 1 atom stereocenters. The highest BCUT2D eigenvalue weighted by molar-refractivity contribution is 7.99. The highest BCUT2D eigenvalue weighted by atomic mass is 32.2. The van der Waals surface area contributed by atoms with Gasteiger partial charge in [-0.1, -0.05) is 11.8 Å². The van der Waals surface area contributed by atoms with E-state index in [2.05, 4.69) is 23.7 Å². The Balaban J connectivity index is 1.61. The quantitative estimate of drug-likeness (QED) is 0.692. The molecule has 1 unspecified atom stereocenters. The lowest BCUT2D eigenvalue weighted by Crippen LogP contribution is -2.46. The van der Waals surface area contributed by atoms with Crippen molar-refractivity contribution in [2.24, 2.45) is 0 Å². The number of fused-ring (bicyclic) bond motifs is 1. The number of anilines is 1. The number of hydrogen-bond acceptors (Lipinski definition) is 6. The molecule has 21 heavy (non-hydrogen) atoms. The van der Waals surface area contributed by atoms with E-state index in [9.17, 15) is 0 Å². The standard InChI is InChI=1S/C15H21N3O2S/c1-10(2)18-5-6-19-12(8-18)9-21-15-17-13-4-3-11(16)7-14(13)20-15/h3-4,7,10,12H,5-6,8-9,16H2,1-2H3. The topological polar surface area (TPSA) is 64.5 Å². The van der Waals surface area contributed by atoms with E-state index in [4.69, 9.17) is 14.9 Å². The van der Waals surface area contributed by atoms with E-state index in [-0.39, 0.29) is 6.10 Å². The summed E-state index contributed by atoms with van der Waals surface area (Å²) in [5.41, 5.74) is 8.03. The van der Waals surface area contributed by atoms with E-state index in [1.807, 2.05) is 18.2 Å². The van der Waals surface area contributed by atoms with Crippen LogP contribution < -0.4 is 5.73 Å². The van der Waals surface area contributed by atoms with Crippen LogP contribution in [0.4, 0.5) is 5.69 Å². The number of rotatable bonds is 4. The summed E-state index contributed by atoms with van der Waals surface area (Å²) in [6.07, 6.45) is 0.228. The maximum Gasteiger partial charge on any atom is 0.256 e. The van der Waals surface area contributed by atoms with Crippen LogP contribution in [0.1, 0.15) is 13.8 Å². The molecule has 0 amide bonds. The van der Waals surface area contributed by atoms with Gasteiger partial charge in [-0.25, -0.2) is 4.98 Å². The van der Waals surface area contributed by atoms with Crippen molar-refractivity contribution in [3.63, 3.8) is 0 Å². The second-order valence-electron chi connectivity index (χ2n) is 5.60. The Morgan fingerprint density at radius 3 is 3.14 bits per heavy atom. The van der Waals surface area contributed by atoms with Gasteiger partial charge in [0, 0.05) is 36.6 Å². The Hall–Kier alpha value is -1.24. The van der Waals surface area contributed by atoms with Crippen molar-refractivity contribution in [1.29, 1.82) is 0 Å². The number of nitrogens with zero attached hydrogens (tertiary/aromatic N) is 2. The second kappa shape index (κ2) is 6.25. The molecule has 3 rings (SSSR count). The van der Waals surface area contributed by atoms with Gasteiger partial charge in [-0.05, 0) is 26.0 Å². The Morgan fingerprint density at radius 2 is 2.33 bits per heavy atom. The van der Waals surface area contributed by atoms with Crippen molar-refractivity contribution >= 4 is 28.5 Å². The molecular formula is C15H21N3O2S. The van der Waals surface area contributed by atoms with Gasteiger partial charge < -0.3 is 14.9 Å². The molecule has 5 nitrogen and oxygen atoms in total. The van der Waals surface area contributed by atoms with Gasteiger partial charge in [0.1, 0.15) is 5.52 Å². The lowest BCUT2D eigenvalue weighted by molar-refractivity contribution is -0.0265. The molecule has 0 radical (unpaired) electrons. The molecule has 2 aromatic rings. The summed E-state index contributed by atoms with van der Waals surface area (Å²) >= 11 is 1.60. The molecule has 1 fully saturated rings. The summed E-state index contributed by atoms with van der Waals surface area (Å²) in [5, 5.41) is 0.681. The molecule has 6 heteroatoms. The van der Waals surface area contributed by atoms with Crippen LogP contribution in [0, 0.1) is 0 Å². The predicted octanol–water partition coefficient (Wildman–Crippen LogP) is 2.61. The summed E-state index contributed by atoms with van der Waals surface area (Å²) in [7, 11) is 0. The van der Waals surface area contributed by atoms with Crippen molar-refractivity contribution in [3.05, 3.63) is 18.2 Å². The molecule has 0 spiro atoms. The Bertz CT molecular complexity index is 614. The number of thioether (sulfide) groups is 1. The fourth-order valence-corrected chi connectivity index (χ4v) is 3.30. The third-order valence-electron chi connectivity index (χ3n) is 3.69. The van der Waals surface area contributed by atoms with E-state index in [0.717, 1.165) is 36.5 Å². The summed E-state index contributed by atoms with van der Waals surface area (Å²) in [6, 6.07) is 6.10. The zero-order valence-corrected chi connectivity index (χ0v) is 13.2. The number of morpholine rings is 1. The number of oxazole rings is 1. The lowest BCUT2D eigenvalue weighted by atomic mass is 10.2. The number of ether oxygens (including phenoxy) is 1. The normalized spacial score (nSPS) is 20.4. The van der Waals surface area contributed by atoms with E-state index in [1.54, 1.807) is 11.8 Å². The molecule has 1 aliphatic rings. The van der Waals surface area contributed by atoms with Crippen molar-refractivity contribution in [2.75, 3.05) is 31.2 Å². The van der Waals surface area contributed by atoms with Gasteiger partial charge in [-0.15, -0.1) is 0 Å². The predicted molar refractivity (Wildman–Crippen MR) is 85.6 cm³/mol. The molecule has 1 aromatic heterocycles. The average molecular weight is 307 g/mol. The Labute approximate surface area is 128 Å². The molecule has 0 saturated carbocycles. The fraction of sp³-hybridized carbons (Fsp3) is 0.533. The average Bonchev–Trinajstić information content (AvgIpc) is 2.87. The fourth-order valence-electron chi connectivity index (χ4n) is 2.46. The molecule has 0 aliphatic carbocycles. The Kier molecular flexibility index (Phi) is 4.37. The monoisotopic (exact) mass is 307 g/mol. The third kappa shape index (κ3) is 3.51. The summed E-state index contributed by atoms with van der Waals surface area (Å²) in [5.74, 6) is 0.853. The van der Waals surface area contributed by atoms with Gasteiger partial charge in [0.15, 0.2) is 5.58 Å². The van der Waals surface area contributed by atoms with Crippen LogP contribution in [0.2, 0.25) is 0 Å². The molecular weight excluding hydrogens is 286 g/mol. The summed E-state index contributed by atoms with van der Waals surface area (Å²) < 4.78 is 11.5. The van der Waals surface area contributed by atoms with Gasteiger partial charge in [-0.3, -0.25) is 4.90 Å². The minimum absolute atomic E-state index is 0.228. The maximum absolute atomic E-state index is 5.82. The van der Waals surface area contributed by atoms with Crippen LogP contribution in [0.5, 0.6) is 0 Å². The van der Waals surface area contributed by atoms with Crippen LogP contribution in [0.25, 0.3) is 11.1 Å². The highest BCUT2D eigenvalue weighted by Crippen LogP contribution is 2.26. The second-order valence-corrected chi connectivity index (χ2v) is 6.57. The number of benzene rings is 1. The minimum Gasteiger partial charge on any atom is -0.431 e. The minimum atomic E-state index is 0.228. The van der Waals surface area contributed by atoms with Crippen LogP contribution in [-0.2, 0) is 4.74 Å². The van der Waals surface area contributed by atoms with E-state index in [0.29, 0.717) is 17.0 Å². The first-order valence-corrected chi connectivity index (χ1v) is 8.25. The van der Waals surface area contributed by atoms with Crippen LogP contribution in [0.3, 0.4) is 0 Å². The third-order valence-corrected chi connectivity index (χ3v) is 4.65. The smallest absolute Gasteiger partial charge is 0.256 e. The Morgan fingerprint density at radius 1 is 1.48 bits per heavy atom. The van der Waals surface area contributed by atoms with Crippen molar-refractivity contribution < 1.29 is 9.15 Å². The summed E-state index contributed by atoms with van der Waals surface area (Å²) in [6.45, 7) is 7.23. The van der Waals surface area contributed by atoms with E-state index >= 15 is 0 Å². The van der Waals surface area contributed by atoms with Crippen LogP contribution in [-0.4, -0.2) is 47.5 Å². The first kappa shape index (κ1) is 14.7. The molecule has 114 valence electrons. The zero-order valence-electron chi connectivity index (χ0n) is 12.4. The van der Waals surface area contributed by atoms with Gasteiger partial charge >= 0.3 is 0 Å². The van der Waals surface area contributed by atoms with Gasteiger partial charge in [0.25, 0.3) is 5.22 Å². The number of aromatic nitrogens is 1. The molecule has 1 aromatic carbocycles. The number of nitrogens with two attached hydrogens (primary N) is 1. The largest absolute Gasteiger partial charge is 0.431 e. The van der Waals surface area contributed by atoms with Crippen LogP contribution >= 0.6 is 11.8 Å². The molecule has 1 aliphatic heterocycles. The van der Waals surface area contributed by atoms with Gasteiger partial charge in [-0.2, -0.15) is 0 Å². The highest BCUT2D eigenvalue weighted by Gasteiger charge is 2.23. The lowest BCUT2D eigenvalue weighted by Gasteiger charge is -2.35. The van der Waals surface area contributed by atoms with Crippen LogP contribution in [0.15, 0.2) is 27.8 Å². The first-order chi connectivity index (χ1) is 10.1. The van der Waals surface area contributed by atoms with Gasteiger partial charge in [0.05, 0.1) is 12.7 Å². The number of hydrogen-bond donors (Lipinski definition) is 1. The molecule has 0 bridgehead atoms. The zero-order chi connectivity index (χ0) is 14.8. The van der Waals surface area contributed by atoms with Gasteiger partial charge in [0.2, 0.25) is 0 Å². The van der Waals surface area contributed by atoms with E-state index < -0.39 is 0 Å². The van der Waals surface area contributed by atoms with Crippen molar-refractivity contribution in [2.45, 2.75) is 31.2 Å². The maximum atomic E-state index is 5.82.